The second-order valence-electron chi connectivity index (χ2n) is 14.8. The molecule has 2 fully saturated rings. The molecule has 4 atom stereocenters. The van der Waals surface area contributed by atoms with E-state index in [0.717, 1.165) is 22.5 Å². The van der Waals surface area contributed by atoms with Gasteiger partial charge in [-0.1, -0.05) is 0 Å². The monoisotopic (exact) mass is 870 g/mol. The smallest absolute Gasteiger partial charge is 0.414 e. The summed E-state index contributed by atoms with van der Waals surface area (Å²) >= 11 is 0. The second-order valence-corrected chi connectivity index (χ2v) is 17.6. The molecular weight excluding hydrogens is 827 g/mol. The van der Waals surface area contributed by atoms with Gasteiger partial charge in [-0.3, -0.25) is 37.2 Å². The summed E-state index contributed by atoms with van der Waals surface area (Å²) in [7, 11) is -1.97. The maximum atomic E-state index is 14.9. The molecule has 4 aliphatic rings. The second kappa shape index (κ2) is 17.8. The molecule has 0 saturated carbocycles. The number of rotatable bonds is 12. The van der Waals surface area contributed by atoms with Gasteiger partial charge in [0.15, 0.2) is 0 Å². The summed E-state index contributed by atoms with van der Waals surface area (Å²) in [6.45, 7) is 5.60. The molecule has 0 spiro atoms. The third kappa shape index (κ3) is 9.75. The van der Waals surface area contributed by atoms with Gasteiger partial charge in [0.2, 0.25) is 11.8 Å². The fraction of sp³-hybridized carbons (Fsp3) is 0.421. The number of hydrogen-bond acceptors (Lipinski definition) is 12. The average Bonchev–Trinajstić information content (AvgIpc) is 4.02. The predicted molar refractivity (Wildman–Crippen MR) is 218 cm³/mol. The Morgan fingerprint density at radius 1 is 0.700 bits per heavy atom. The van der Waals surface area contributed by atoms with Gasteiger partial charge in [0.05, 0.1) is 73.4 Å². The molecule has 4 aromatic rings. The SMILES string of the molecule is CC(=O)NC[C@H]1CN(c2ccc(N3Cc4cn(CS(C)=O)nc4C3)c(F)c2)C(=O)O1.CC(=O)NC[C@H]1CN(c2ccc(N3Cc4cn(CS(C)=O)nc4C3)c(F)c2)C(=O)O1. The minimum Gasteiger partial charge on any atom is -0.442 e. The van der Waals surface area contributed by atoms with Crippen molar-refractivity contribution in [1.82, 2.24) is 30.2 Å². The van der Waals surface area contributed by atoms with Crippen molar-refractivity contribution >= 4 is 68.3 Å². The summed E-state index contributed by atoms with van der Waals surface area (Å²) in [5.41, 5.74) is 5.29. The van der Waals surface area contributed by atoms with Crippen LogP contribution >= 0.6 is 0 Å². The molecule has 6 heterocycles. The van der Waals surface area contributed by atoms with E-state index in [1.165, 1.54) is 35.8 Å². The van der Waals surface area contributed by atoms with Crippen LogP contribution in [0.1, 0.15) is 36.4 Å². The number of anilines is 4. The molecule has 2 aromatic heterocycles. The number of benzene rings is 2. The van der Waals surface area contributed by atoms with Crippen LogP contribution in [0, 0.1) is 11.6 Å². The molecule has 2 N–H and O–H groups in total. The zero-order valence-corrected chi connectivity index (χ0v) is 34.9. The molecule has 0 bridgehead atoms. The molecular formula is C38H44F2N10O8S2. The first-order valence-corrected chi connectivity index (χ1v) is 22.3. The van der Waals surface area contributed by atoms with Gasteiger partial charge in [0, 0.05) is 84.6 Å². The van der Waals surface area contributed by atoms with E-state index in [4.69, 9.17) is 9.47 Å². The molecule has 2 aromatic carbocycles. The van der Waals surface area contributed by atoms with Crippen LogP contribution < -0.4 is 30.2 Å². The van der Waals surface area contributed by atoms with Crippen molar-refractivity contribution in [1.29, 1.82) is 0 Å². The van der Waals surface area contributed by atoms with Crippen molar-refractivity contribution in [3.8, 4) is 0 Å². The number of carbonyl (C=O) groups is 4. The highest BCUT2D eigenvalue weighted by atomic mass is 32.2. The van der Waals surface area contributed by atoms with E-state index < -0.39 is 57.6 Å². The Bertz CT molecular complexity index is 2170. The number of nitrogens with one attached hydrogen (secondary N) is 2. The van der Waals surface area contributed by atoms with E-state index in [9.17, 15) is 36.4 Å². The average molecular weight is 871 g/mol. The molecule has 0 aliphatic carbocycles. The summed E-state index contributed by atoms with van der Waals surface area (Å²) in [6.07, 6.45) is 4.83. The zero-order valence-electron chi connectivity index (χ0n) is 33.3. The van der Waals surface area contributed by atoms with Crippen LogP contribution in [0.3, 0.4) is 0 Å². The minimum absolute atomic E-state index is 0.207. The molecule has 4 aliphatic heterocycles. The fourth-order valence-electron chi connectivity index (χ4n) is 7.30. The van der Waals surface area contributed by atoms with E-state index in [-0.39, 0.29) is 38.0 Å². The number of cyclic esters (lactones) is 2. The Kier molecular flexibility index (Phi) is 12.5. The van der Waals surface area contributed by atoms with Crippen LogP contribution in [-0.2, 0) is 78.6 Å². The van der Waals surface area contributed by atoms with E-state index in [1.54, 1.807) is 46.1 Å². The maximum Gasteiger partial charge on any atom is 0.414 e. The topological polar surface area (TPSA) is 194 Å². The van der Waals surface area contributed by atoms with Crippen molar-refractivity contribution in [2.24, 2.45) is 0 Å². The first-order valence-electron chi connectivity index (χ1n) is 18.8. The Labute approximate surface area is 348 Å². The number of carbonyl (C=O) groups excluding carboxylic acids is 4. The lowest BCUT2D eigenvalue weighted by atomic mass is 10.2. The fourth-order valence-corrected chi connectivity index (χ4v) is 8.31. The van der Waals surface area contributed by atoms with Crippen LogP contribution in [0.4, 0.5) is 41.1 Å². The maximum absolute atomic E-state index is 14.9. The molecule has 22 heteroatoms. The number of hydrogen-bond donors (Lipinski definition) is 2. The van der Waals surface area contributed by atoms with Crippen molar-refractivity contribution in [2.75, 3.05) is 58.3 Å². The number of nitrogens with zero attached hydrogens (tertiary/aromatic N) is 8. The third-order valence-electron chi connectivity index (χ3n) is 9.95. The van der Waals surface area contributed by atoms with Crippen molar-refractivity contribution in [3.63, 3.8) is 0 Å². The van der Waals surface area contributed by atoms with Gasteiger partial charge in [-0.2, -0.15) is 10.2 Å². The molecule has 8 rings (SSSR count). The summed E-state index contributed by atoms with van der Waals surface area (Å²) in [4.78, 5) is 52.8. The Hall–Kier alpha value is -5.90. The Balaban J connectivity index is 0.000000181. The third-order valence-corrected chi connectivity index (χ3v) is 11.2. The Morgan fingerprint density at radius 3 is 1.43 bits per heavy atom. The number of halogens is 2. The zero-order chi connectivity index (χ0) is 42.8. The van der Waals surface area contributed by atoms with Gasteiger partial charge < -0.3 is 29.9 Å². The van der Waals surface area contributed by atoms with Gasteiger partial charge >= 0.3 is 12.2 Å². The first kappa shape index (κ1) is 42.2. The van der Waals surface area contributed by atoms with Gasteiger partial charge in [-0.25, -0.2) is 18.4 Å². The molecule has 2 saturated heterocycles. The van der Waals surface area contributed by atoms with Crippen molar-refractivity contribution in [3.05, 3.63) is 82.9 Å². The number of ether oxygens (including phenoxy) is 2. The highest BCUT2D eigenvalue weighted by molar-refractivity contribution is 7.83. The van der Waals surface area contributed by atoms with E-state index in [1.807, 2.05) is 22.2 Å². The van der Waals surface area contributed by atoms with Crippen LogP contribution in [0.5, 0.6) is 0 Å². The van der Waals surface area contributed by atoms with Crippen LogP contribution in [-0.4, -0.2) is 103 Å². The highest BCUT2D eigenvalue weighted by Crippen LogP contribution is 2.34. The number of aromatic nitrogens is 4. The van der Waals surface area contributed by atoms with Gasteiger partial charge in [0.25, 0.3) is 0 Å². The summed E-state index contributed by atoms with van der Waals surface area (Å²) in [5.74, 6) is -0.630. The van der Waals surface area contributed by atoms with Crippen LogP contribution in [0.15, 0.2) is 48.8 Å². The van der Waals surface area contributed by atoms with Crippen molar-refractivity contribution in [2.45, 2.75) is 64.0 Å². The lowest BCUT2D eigenvalue weighted by Crippen LogP contribution is -2.33. The van der Waals surface area contributed by atoms with Gasteiger partial charge in [0.1, 0.15) is 35.6 Å². The number of amides is 4. The summed E-state index contributed by atoms with van der Waals surface area (Å²) in [5, 5.41) is 14.1. The molecule has 0 radical (unpaired) electrons. The quantitative estimate of drug-likeness (QED) is 0.212. The minimum atomic E-state index is -0.987. The lowest BCUT2D eigenvalue weighted by molar-refractivity contribution is -0.120. The summed E-state index contributed by atoms with van der Waals surface area (Å²) < 4.78 is 66.2. The summed E-state index contributed by atoms with van der Waals surface area (Å²) in [6, 6.07) is 9.26. The molecule has 4 amide bonds. The van der Waals surface area contributed by atoms with Crippen LogP contribution in [0.2, 0.25) is 0 Å². The predicted octanol–water partition coefficient (Wildman–Crippen LogP) is 2.68. The lowest BCUT2D eigenvalue weighted by Gasteiger charge is -2.21. The molecule has 60 heavy (non-hydrogen) atoms. The van der Waals surface area contributed by atoms with E-state index in [2.05, 4.69) is 20.8 Å². The van der Waals surface area contributed by atoms with Crippen molar-refractivity contribution < 1.29 is 45.9 Å². The van der Waals surface area contributed by atoms with Crippen LogP contribution in [0.25, 0.3) is 0 Å². The molecule has 320 valence electrons. The van der Waals surface area contributed by atoms with Gasteiger partial charge in [-0.05, 0) is 36.4 Å². The molecule has 18 nitrogen and oxygen atoms in total. The molecule has 2 unspecified atom stereocenters. The van der Waals surface area contributed by atoms with Gasteiger partial charge in [-0.15, -0.1) is 0 Å². The number of fused-ring (bicyclic) bond motifs is 2. The largest absolute Gasteiger partial charge is 0.442 e. The first-order chi connectivity index (χ1) is 28.6. The van der Waals surface area contributed by atoms with E-state index >= 15 is 0 Å². The highest BCUT2D eigenvalue weighted by Gasteiger charge is 2.35. The standard InChI is InChI=1S/2C19H22FN5O4S/c2*1-12(26)21-6-15-9-25(19(27)29-15)14-3-4-18(16(20)5-14)23-7-13-8-24(11-30(2)28)22-17(13)10-23/h2*3-5,8,15H,6-7,9-11H2,1-2H3,(H,21,26)/t2*15-,30?/m00/s1. The Morgan fingerprint density at radius 2 is 1.10 bits per heavy atom. The normalized spacial score (nSPS) is 19.0. The van der Waals surface area contributed by atoms with E-state index in [0.29, 0.717) is 60.7 Å².